The van der Waals surface area contributed by atoms with E-state index in [4.69, 9.17) is 11.6 Å². The van der Waals surface area contributed by atoms with E-state index in [0.29, 0.717) is 5.56 Å². The number of nitrogens with zero attached hydrogens (tertiary/aromatic N) is 1. The number of fused-ring (bicyclic) bond motifs is 2. The Balaban J connectivity index is 1.77. The van der Waals surface area contributed by atoms with Gasteiger partial charge in [-0.2, -0.15) is 0 Å². The molecule has 2 fully saturated rings. The van der Waals surface area contributed by atoms with Gasteiger partial charge < -0.3 is 5.11 Å². The van der Waals surface area contributed by atoms with Crippen molar-refractivity contribution >= 4 is 43.1 Å². The third kappa shape index (κ3) is 3.45. The van der Waals surface area contributed by atoms with Crippen LogP contribution < -0.4 is 4.31 Å². The van der Waals surface area contributed by atoms with E-state index in [-0.39, 0.29) is 51.4 Å². The standard InChI is InChI=1S/C22H21ClFNO6S2/c23-19-16(21(26)27)7-8-17-18(19)22(9-11-32(28,29)12-10-22)20(13-1-2-13)25(17)33(30,31)15-5-3-14(24)4-6-15/h3-8,13,20H,1-2,9-12H2,(H,26,27). The molecule has 0 radical (unpaired) electrons. The van der Waals surface area contributed by atoms with Gasteiger partial charge in [-0.15, -0.1) is 0 Å². The summed E-state index contributed by atoms with van der Waals surface area (Å²) in [6.07, 6.45) is 1.85. The summed E-state index contributed by atoms with van der Waals surface area (Å²) in [7, 11) is -7.46. The van der Waals surface area contributed by atoms with Gasteiger partial charge in [-0.3, -0.25) is 4.31 Å². The molecule has 0 aromatic heterocycles. The van der Waals surface area contributed by atoms with Crippen LogP contribution in [0.1, 0.15) is 41.6 Å². The molecular weight excluding hydrogens is 493 g/mol. The van der Waals surface area contributed by atoms with Gasteiger partial charge in [0, 0.05) is 11.0 Å². The Bertz CT molecular complexity index is 1360. The largest absolute Gasteiger partial charge is 0.478 e. The fraction of sp³-hybridized carbons (Fsp3) is 0.409. The van der Waals surface area contributed by atoms with Crippen LogP contribution in [0.25, 0.3) is 0 Å². The van der Waals surface area contributed by atoms with Gasteiger partial charge in [0.25, 0.3) is 10.0 Å². The summed E-state index contributed by atoms with van der Waals surface area (Å²) in [6.45, 7) is 0. The number of carbonyl (C=O) groups is 1. The number of carboxylic acid groups (broad SMARTS) is 1. The van der Waals surface area contributed by atoms with E-state index in [1.807, 2.05) is 0 Å². The summed E-state index contributed by atoms with van der Waals surface area (Å²) in [4.78, 5) is 11.7. The van der Waals surface area contributed by atoms with E-state index in [9.17, 15) is 31.1 Å². The molecule has 33 heavy (non-hydrogen) atoms. The van der Waals surface area contributed by atoms with Crippen LogP contribution in [-0.4, -0.2) is 45.5 Å². The van der Waals surface area contributed by atoms with Crippen molar-refractivity contribution in [1.82, 2.24) is 0 Å². The van der Waals surface area contributed by atoms with Crippen molar-refractivity contribution in [2.24, 2.45) is 5.92 Å². The van der Waals surface area contributed by atoms with Crippen LogP contribution in [0.5, 0.6) is 0 Å². The Hall–Kier alpha value is -2.17. The molecular formula is C22H21ClFNO6S2. The molecule has 1 spiro atoms. The van der Waals surface area contributed by atoms with E-state index in [1.165, 1.54) is 28.6 Å². The highest BCUT2D eigenvalue weighted by Crippen LogP contribution is 2.61. The number of hydrogen-bond acceptors (Lipinski definition) is 5. The second-order valence-corrected chi connectivity index (χ2v) is 13.5. The zero-order valence-electron chi connectivity index (χ0n) is 17.4. The molecule has 2 aliphatic heterocycles. The fourth-order valence-corrected chi connectivity index (χ4v) is 9.19. The van der Waals surface area contributed by atoms with Gasteiger partial charge in [0.2, 0.25) is 0 Å². The number of sulfone groups is 1. The van der Waals surface area contributed by atoms with Crippen molar-refractivity contribution in [3.63, 3.8) is 0 Å². The summed E-state index contributed by atoms with van der Waals surface area (Å²) >= 11 is 6.61. The highest BCUT2D eigenvalue weighted by molar-refractivity contribution is 7.93. The van der Waals surface area contributed by atoms with Gasteiger partial charge >= 0.3 is 5.97 Å². The molecule has 2 aromatic rings. The summed E-state index contributed by atoms with van der Waals surface area (Å²) < 4.78 is 67.1. The maximum Gasteiger partial charge on any atom is 0.337 e. The third-order valence-electron chi connectivity index (χ3n) is 7.06. The van der Waals surface area contributed by atoms with E-state index < -0.39 is 43.1 Å². The predicted octanol–water partition coefficient (Wildman–Crippen LogP) is 3.61. The molecule has 0 bridgehead atoms. The Morgan fingerprint density at radius 1 is 1.09 bits per heavy atom. The van der Waals surface area contributed by atoms with Gasteiger partial charge in [0.05, 0.1) is 38.7 Å². The first-order valence-electron chi connectivity index (χ1n) is 10.5. The first-order valence-corrected chi connectivity index (χ1v) is 14.2. The molecule has 5 rings (SSSR count). The van der Waals surface area contributed by atoms with Crippen molar-refractivity contribution in [2.75, 3.05) is 15.8 Å². The number of rotatable bonds is 4. The Morgan fingerprint density at radius 3 is 2.24 bits per heavy atom. The predicted molar refractivity (Wildman–Crippen MR) is 121 cm³/mol. The maximum atomic E-state index is 13.9. The van der Waals surface area contributed by atoms with Crippen LogP contribution in [0.3, 0.4) is 0 Å². The molecule has 0 amide bonds. The van der Waals surface area contributed by atoms with E-state index in [0.717, 1.165) is 25.0 Å². The SMILES string of the molecule is O=C(O)c1ccc2c(c1Cl)C1(CCS(=O)(=O)CC1)C(C1CC1)N2S(=O)(=O)c1ccc(F)cc1. The number of halogens is 2. The van der Waals surface area contributed by atoms with E-state index in [2.05, 4.69) is 0 Å². The third-order valence-corrected chi connectivity index (χ3v) is 10.9. The minimum atomic E-state index is -4.17. The highest BCUT2D eigenvalue weighted by atomic mass is 35.5. The molecule has 176 valence electrons. The monoisotopic (exact) mass is 513 g/mol. The van der Waals surface area contributed by atoms with Crippen LogP contribution in [0.2, 0.25) is 5.02 Å². The van der Waals surface area contributed by atoms with Crippen molar-refractivity contribution in [1.29, 1.82) is 0 Å². The molecule has 1 unspecified atom stereocenters. The number of aromatic carboxylic acids is 1. The van der Waals surface area contributed by atoms with Crippen molar-refractivity contribution < 1.29 is 31.1 Å². The lowest BCUT2D eigenvalue weighted by Crippen LogP contribution is -2.52. The topological polar surface area (TPSA) is 109 Å². The normalized spacial score (nSPS) is 23.5. The van der Waals surface area contributed by atoms with Crippen LogP contribution in [-0.2, 0) is 25.3 Å². The molecule has 2 aromatic carbocycles. The molecule has 1 saturated carbocycles. The lowest BCUT2D eigenvalue weighted by Gasteiger charge is -2.42. The lowest BCUT2D eigenvalue weighted by atomic mass is 9.70. The second-order valence-electron chi connectivity index (χ2n) is 8.97. The molecule has 1 N–H and O–H groups in total. The summed E-state index contributed by atoms with van der Waals surface area (Å²) in [6, 6.07) is 6.65. The van der Waals surface area contributed by atoms with Crippen LogP contribution in [0, 0.1) is 11.7 Å². The van der Waals surface area contributed by atoms with E-state index in [1.54, 1.807) is 0 Å². The average molecular weight is 514 g/mol. The number of sulfonamides is 1. The first-order chi connectivity index (χ1) is 15.5. The van der Waals surface area contributed by atoms with E-state index >= 15 is 0 Å². The number of anilines is 1. The van der Waals surface area contributed by atoms with Crippen LogP contribution in [0.4, 0.5) is 10.1 Å². The maximum absolute atomic E-state index is 13.9. The molecule has 3 aliphatic rings. The Morgan fingerprint density at radius 2 is 1.70 bits per heavy atom. The van der Waals surface area contributed by atoms with Gasteiger partial charge in [-0.25, -0.2) is 26.0 Å². The quantitative estimate of drug-likeness (QED) is 0.669. The molecule has 1 aliphatic carbocycles. The van der Waals surface area contributed by atoms with Crippen molar-refractivity contribution in [3.05, 3.63) is 58.4 Å². The molecule has 1 saturated heterocycles. The number of hydrogen-bond donors (Lipinski definition) is 1. The molecule has 11 heteroatoms. The summed E-state index contributed by atoms with van der Waals surface area (Å²) in [5.41, 5.74) is -0.414. The molecule has 1 atom stereocenters. The van der Waals surface area contributed by atoms with Crippen LogP contribution >= 0.6 is 11.6 Å². The van der Waals surface area contributed by atoms with Crippen molar-refractivity contribution in [3.8, 4) is 0 Å². The zero-order valence-corrected chi connectivity index (χ0v) is 19.8. The molecule has 2 heterocycles. The summed E-state index contributed by atoms with van der Waals surface area (Å²) in [5.74, 6) is -2.10. The highest BCUT2D eigenvalue weighted by Gasteiger charge is 2.61. The second kappa shape index (κ2) is 7.41. The van der Waals surface area contributed by atoms with Crippen molar-refractivity contribution in [2.45, 2.75) is 42.0 Å². The Kier molecular flexibility index (Phi) is 5.08. The summed E-state index contributed by atoms with van der Waals surface area (Å²) in [5, 5.41) is 9.58. The average Bonchev–Trinajstić information content (AvgIpc) is 3.53. The van der Waals surface area contributed by atoms with Crippen LogP contribution in [0.15, 0.2) is 41.3 Å². The fourth-order valence-electron chi connectivity index (χ4n) is 5.41. The number of carboxylic acids is 1. The lowest BCUT2D eigenvalue weighted by molar-refractivity contribution is 0.0697. The van der Waals surface area contributed by atoms with Gasteiger partial charge in [-0.1, -0.05) is 11.6 Å². The van der Waals surface area contributed by atoms with Gasteiger partial charge in [0.15, 0.2) is 0 Å². The zero-order chi connectivity index (χ0) is 23.8. The van der Waals surface area contributed by atoms with Gasteiger partial charge in [0.1, 0.15) is 15.7 Å². The Labute approximate surface area is 196 Å². The minimum Gasteiger partial charge on any atom is -0.478 e. The number of benzene rings is 2. The van der Waals surface area contributed by atoms with Gasteiger partial charge in [-0.05, 0) is 68.0 Å². The molecule has 7 nitrogen and oxygen atoms in total. The minimum absolute atomic E-state index is 0.0160. The first kappa shape index (κ1) is 22.6. The smallest absolute Gasteiger partial charge is 0.337 e.